The van der Waals surface area contributed by atoms with Gasteiger partial charge in [0.25, 0.3) is 3.79 Å². The lowest BCUT2D eigenvalue weighted by Gasteiger charge is -2.27. The van der Waals surface area contributed by atoms with Crippen LogP contribution in [0, 0.1) is 11.3 Å². The van der Waals surface area contributed by atoms with Gasteiger partial charge in [0.05, 0.1) is 6.07 Å². The van der Waals surface area contributed by atoms with Crippen LogP contribution < -0.4 is 4.80 Å². The van der Waals surface area contributed by atoms with Gasteiger partial charge in [-0.3, -0.25) is 4.79 Å². The van der Waals surface area contributed by atoms with E-state index < -0.39 is 15.1 Å². The first-order valence-corrected chi connectivity index (χ1v) is 10.4. The molecule has 0 atom stereocenters. The van der Waals surface area contributed by atoms with Crippen LogP contribution in [0.2, 0.25) is 0 Å². The third kappa shape index (κ3) is 4.85. The van der Waals surface area contributed by atoms with Crippen molar-refractivity contribution in [2.75, 3.05) is 0 Å². The van der Waals surface area contributed by atoms with E-state index in [1.165, 1.54) is 4.68 Å². The smallest absolute Gasteiger partial charge is 0.267 e. The van der Waals surface area contributed by atoms with Gasteiger partial charge >= 0.3 is 5.91 Å². The monoisotopic (exact) mass is 465 g/mol. The molecular weight excluding hydrogens is 453 g/mol. The number of carbonyl (C=O) groups is 1. The van der Waals surface area contributed by atoms with E-state index in [1.807, 2.05) is 60.7 Å². The maximum atomic E-state index is 11.9. The number of hydrogen-bond acceptors (Lipinski definition) is 5. The summed E-state index contributed by atoms with van der Waals surface area (Å²) in [4.78, 5) is 15.9. The first-order valence-electron chi connectivity index (χ1n) is 8.44. The van der Waals surface area contributed by atoms with Crippen LogP contribution >= 0.6 is 46.3 Å². The number of alkyl halides is 3. The number of halogens is 3. The standard InChI is InChI=1S/C19H14Cl3N5OS/c20-19(21,22)16(28)24-17-27(25-26-29-17)12-11-18(13-23,14-7-3-1-4-8-14)15-9-5-2-6-10-15/h1-10H,11-12H2. The van der Waals surface area contributed by atoms with E-state index in [0.717, 1.165) is 22.7 Å². The van der Waals surface area contributed by atoms with Crippen LogP contribution in [0.3, 0.4) is 0 Å². The maximum Gasteiger partial charge on any atom is 0.300 e. The lowest BCUT2D eigenvalue weighted by molar-refractivity contribution is -0.117. The summed E-state index contributed by atoms with van der Waals surface area (Å²) >= 11 is 17.7. The van der Waals surface area contributed by atoms with E-state index in [0.29, 0.717) is 6.42 Å². The van der Waals surface area contributed by atoms with Crippen LogP contribution in [0.25, 0.3) is 0 Å². The van der Waals surface area contributed by atoms with Crippen molar-refractivity contribution in [3.8, 4) is 6.07 Å². The summed E-state index contributed by atoms with van der Waals surface area (Å²) in [5.41, 5.74) is 0.789. The number of amides is 1. The van der Waals surface area contributed by atoms with Crippen LogP contribution in [0.15, 0.2) is 65.7 Å². The lowest BCUT2D eigenvalue weighted by atomic mass is 9.73. The molecule has 0 spiro atoms. The summed E-state index contributed by atoms with van der Waals surface area (Å²) in [5.74, 6) is -0.931. The number of nitriles is 1. The van der Waals surface area contributed by atoms with Gasteiger partial charge in [-0.2, -0.15) is 10.3 Å². The molecule has 6 nitrogen and oxygen atoms in total. The van der Waals surface area contributed by atoms with Crippen molar-refractivity contribution >= 4 is 52.2 Å². The van der Waals surface area contributed by atoms with Crippen molar-refractivity contribution in [2.24, 2.45) is 4.99 Å². The Labute approximate surface area is 186 Å². The molecular formula is C19H14Cl3N5OS. The fourth-order valence-electron chi connectivity index (χ4n) is 2.91. The van der Waals surface area contributed by atoms with E-state index in [2.05, 4.69) is 20.8 Å². The van der Waals surface area contributed by atoms with Gasteiger partial charge in [0.2, 0.25) is 4.80 Å². The van der Waals surface area contributed by atoms with Gasteiger partial charge in [-0.25, -0.2) is 4.68 Å². The molecule has 2 aromatic carbocycles. The minimum Gasteiger partial charge on any atom is -0.267 e. The molecule has 0 N–H and O–H groups in total. The number of aromatic nitrogens is 3. The third-order valence-electron chi connectivity index (χ3n) is 4.35. The Balaban J connectivity index is 1.99. The molecule has 148 valence electrons. The summed E-state index contributed by atoms with van der Waals surface area (Å²) < 4.78 is 3.09. The van der Waals surface area contributed by atoms with Gasteiger partial charge in [0, 0.05) is 18.1 Å². The highest BCUT2D eigenvalue weighted by Gasteiger charge is 2.35. The van der Waals surface area contributed by atoms with Crippen LogP contribution in [-0.2, 0) is 16.8 Å². The topological polar surface area (TPSA) is 83.9 Å². The average Bonchev–Trinajstić information content (AvgIpc) is 3.17. The fourth-order valence-corrected chi connectivity index (χ4v) is 3.58. The van der Waals surface area contributed by atoms with Crippen LogP contribution in [0.5, 0.6) is 0 Å². The molecule has 1 amide bonds. The molecule has 0 saturated carbocycles. The molecule has 0 fully saturated rings. The number of hydrogen-bond donors (Lipinski definition) is 0. The van der Waals surface area contributed by atoms with Crippen molar-refractivity contribution in [2.45, 2.75) is 22.2 Å². The van der Waals surface area contributed by atoms with Crippen LogP contribution in [0.1, 0.15) is 17.5 Å². The summed E-state index contributed by atoms with van der Waals surface area (Å²) in [6, 6.07) is 21.5. The van der Waals surface area contributed by atoms with Gasteiger partial charge in [0.1, 0.15) is 5.41 Å². The molecule has 3 aromatic rings. The lowest BCUT2D eigenvalue weighted by Crippen LogP contribution is -2.30. The first kappa shape index (κ1) is 21.5. The Morgan fingerprint density at radius 2 is 1.62 bits per heavy atom. The number of carbonyl (C=O) groups excluding carboxylic acids is 1. The largest absolute Gasteiger partial charge is 0.300 e. The second-order valence-electron chi connectivity index (χ2n) is 6.08. The van der Waals surface area contributed by atoms with Crippen LogP contribution in [0.4, 0.5) is 0 Å². The second kappa shape index (κ2) is 9.06. The summed E-state index contributed by atoms with van der Waals surface area (Å²) in [5, 5.41) is 14.2. The molecule has 3 rings (SSSR count). The highest BCUT2D eigenvalue weighted by Crippen LogP contribution is 2.35. The van der Waals surface area contributed by atoms with E-state index in [1.54, 1.807) is 0 Å². The van der Waals surface area contributed by atoms with Gasteiger partial charge in [-0.15, -0.1) is 0 Å². The molecule has 1 aromatic heterocycles. The Morgan fingerprint density at radius 3 is 2.10 bits per heavy atom. The molecule has 10 heteroatoms. The predicted octanol–water partition coefficient (Wildman–Crippen LogP) is 4.04. The minimum absolute atomic E-state index is 0.189. The van der Waals surface area contributed by atoms with Crippen molar-refractivity contribution in [1.29, 1.82) is 5.26 Å². The molecule has 0 saturated heterocycles. The number of rotatable bonds is 5. The van der Waals surface area contributed by atoms with Crippen molar-refractivity contribution in [1.82, 2.24) is 14.4 Å². The fraction of sp³-hybridized carbons (Fsp3) is 0.211. The SMILES string of the molecule is N#CC(CCn1nnsc1=NC(=O)C(Cl)(Cl)Cl)(c1ccccc1)c1ccccc1. The van der Waals surface area contributed by atoms with Gasteiger partial charge in [-0.1, -0.05) is 105 Å². The zero-order valence-electron chi connectivity index (χ0n) is 14.9. The van der Waals surface area contributed by atoms with Crippen molar-refractivity contribution < 1.29 is 4.79 Å². The number of benzene rings is 2. The Bertz CT molecular complexity index is 1050. The highest BCUT2D eigenvalue weighted by molar-refractivity contribution is 7.02. The predicted molar refractivity (Wildman–Crippen MR) is 113 cm³/mol. The summed E-state index contributed by atoms with van der Waals surface area (Å²) in [7, 11) is 0. The molecule has 1 heterocycles. The minimum atomic E-state index is -2.16. The number of nitrogens with zero attached hydrogens (tertiary/aromatic N) is 5. The molecule has 0 unspecified atom stereocenters. The Morgan fingerprint density at radius 1 is 1.07 bits per heavy atom. The number of aryl methyl sites for hydroxylation is 1. The molecule has 0 aliphatic rings. The highest BCUT2D eigenvalue weighted by atomic mass is 35.6. The first-order chi connectivity index (χ1) is 13.9. The molecule has 29 heavy (non-hydrogen) atoms. The zero-order chi connectivity index (χ0) is 20.9. The van der Waals surface area contributed by atoms with E-state index >= 15 is 0 Å². The van der Waals surface area contributed by atoms with E-state index in [9.17, 15) is 10.1 Å². The van der Waals surface area contributed by atoms with Gasteiger partial charge < -0.3 is 0 Å². The van der Waals surface area contributed by atoms with Gasteiger partial charge in [0.15, 0.2) is 0 Å². The summed E-state index contributed by atoms with van der Waals surface area (Å²) in [6.45, 7) is 0.278. The maximum absolute atomic E-state index is 11.9. The van der Waals surface area contributed by atoms with Gasteiger partial charge in [-0.05, 0) is 17.5 Å². The zero-order valence-corrected chi connectivity index (χ0v) is 18.0. The van der Waals surface area contributed by atoms with E-state index in [-0.39, 0.29) is 11.3 Å². The van der Waals surface area contributed by atoms with Crippen molar-refractivity contribution in [3.05, 3.63) is 76.6 Å². The second-order valence-corrected chi connectivity index (χ2v) is 9.07. The summed E-state index contributed by atoms with van der Waals surface area (Å²) in [6.07, 6.45) is 0.373. The quantitative estimate of drug-likeness (QED) is 0.531. The molecule has 0 aliphatic carbocycles. The average molecular weight is 467 g/mol. The Hall–Kier alpha value is -2.24. The third-order valence-corrected chi connectivity index (χ3v) is 5.46. The normalized spacial score (nSPS) is 12.6. The van der Waals surface area contributed by atoms with E-state index in [4.69, 9.17) is 34.8 Å². The molecule has 0 bridgehead atoms. The van der Waals surface area contributed by atoms with Crippen molar-refractivity contribution in [3.63, 3.8) is 0 Å². The Kier molecular flexibility index (Phi) is 6.70. The molecule has 0 aliphatic heterocycles. The molecule has 0 radical (unpaired) electrons. The van der Waals surface area contributed by atoms with Crippen LogP contribution in [-0.4, -0.2) is 24.1 Å².